The first-order valence-electron chi connectivity index (χ1n) is 7.43. The largest absolute Gasteiger partial charge is 0.414 e. The van der Waals surface area contributed by atoms with E-state index in [1.807, 2.05) is 0 Å². The van der Waals surface area contributed by atoms with Crippen LogP contribution in [0, 0.1) is 0 Å². The molecular weight excluding hydrogens is 268 g/mol. The van der Waals surface area contributed by atoms with E-state index in [0.717, 1.165) is 6.42 Å². The van der Waals surface area contributed by atoms with Gasteiger partial charge in [-0.3, -0.25) is 0 Å². The fraction of sp³-hybridized carbons (Fsp3) is 0.750. The van der Waals surface area contributed by atoms with E-state index in [-0.39, 0.29) is 22.8 Å². The molecule has 3 atom stereocenters. The fourth-order valence-corrected chi connectivity index (χ4v) is 3.44. The van der Waals surface area contributed by atoms with Crippen molar-refractivity contribution in [1.29, 1.82) is 0 Å². The van der Waals surface area contributed by atoms with Crippen molar-refractivity contribution < 1.29 is 13.9 Å². The summed E-state index contributed by atoms with van der Waals surface area (Å²) in [6.07, 6.45) is 7.18. The second-order valence-electron chi connectivity index (χ2n) is 7.42. The van der Waals surface area contributed by atoms with Crippen molar-refractivity contribution in [2.24, 2.45) is 0 Å². The van der Waals surface area contributed by atoms with E-state index in [2.05, 4.69) is 52.6 Å². The molecule has 2 aliphatic heterocycles. The zero-order valence-electron chi connectivity index (χ0n) is 13.4. The molecular formula is C16H28O3Si. The van der Waals surface area contributed by atoms with Crippen molar-refractivity contribution in [3.8, 4) is 0 Å². The second-order valence-corrected chi connectivity index (χ2v) is 12.2. The Kier molecular flexibility index (Phi) is 4.31. The Bertz CT molecular complexity index is 397. The van der Waals surface area contributed by atoms with Gasteiger partial charge in [-0.25, -0.2) is 0 Å². The van der Waals surface area contributed by atoms with Crippen LogP contribution in [0.5, 0.6) is 0 Å². The van der Waals surface area contributed by atoms with E-state index in [0.29, 0.717) is 13.2 Å². The third-order valence-corrected chi connectivity index (χ3v) is 9.26. The minimum Gasteiger partial charge on any atom is -0.414 e. The highest BCUT2D eigenvalue weighted by Crippen LogP contribution is 2.43. The minimum atomic E-state index is -1.74. The SMILES string of the molecule is C=CCOC1CC2(CO[Si](C)(C)C(C)(C)C)C=CC1O2. The summed E-state index contributed by atoms with van der Waals surface area (Å²) in [6.45, 7) is 16.3. The van der Waals surface area contributed by atoms with Crippen LogP contribution in [0.15, 0.2) is 24.8 Å². The standard InChI is InChI=1S/C16H28O3Si/c1-7-10-17-14-11-16(9-8-13(14)19-16)12-18-20(5,6)15(2,3)4/h7-9,13-14H,1,10-12H2,2-6H3. The summed E-state index contributed by atoms with van der Waals surface area (Å²) < 4.78 is 18.2. The number of hydrogen-bond acceptors (Lipinski definition) is 3. The van der Waals surface area contributed by atoms with Gasteiger partial charge in [-0.1, -0.05) is 39.0 Å². The first-order valence-corrected chi connectivity index (χ1v) is 10.3. The third-order valence-electron chi connectivity index (χ3n) is 4.79. The average molecular weight is 296 g/mol. The van der Waals surface area contributed by atoms with Crippen LogP contribution in [0.25, 0.3) is 0 Å². The lowest BCUT2D eigenvalue weighted by molar-refractivity contribution is -0.0188. The molecule has 0 aromatic heterocycles. The minimum absolute atomic E-state index is 0.0814. The van der Waals surface area contributed by atoms with E-state index >= 15 is 0 Å². The molecule has 0 spiro atoms. The van der Waals surface area contributed by atoms with Gasteiger partial charge < -0.3 is 13.9 Å². The quantitative estimate of drug-likeness (QED) is 0.553. The maximum atomic E-state index is 6.34. The number of hydrogen-bond donors (Lipinski definition) is 0. The average Bonchev–Trinajstić information content (AvgIpc) is 2.91. The van der Waals surface area contributed by atoms with Gasteiger partial charge in [0.2, 0.25) is 0 Å². The molecule has 2 rings (SSSR count). The normalized spacial score (nSPS) is 32.9. The van der Waals surface area contributed by atoms with Crippen LogP contribution >= 0.6 is 0 Å². The first kappa shape index (κ1) is 16.0. The van der Waals surface area contributed by atoms with Gasteiger partial charge in [0.05, 0.1) is 19.3 Å². The lowest BCUT2D eigenvalue weighted by Crippen LogP contribution is -2.45. The molecule has 0 aromatic rings. The maximum absolute atomic E-state index is 6.34. The van der Waals surface area contributed by atoms with Crippen molar-refractivity contribution in [1.82, 2.24) is 0 Å². The molecule has 0 amide bonds. The number of fused-ring (bicyclic) bond motifs is 2. The van der Waals surface area contributed by atoms with Crippen LogP contribution in [0.4, 0.5) is 0 Å². The molecule has 0 aliphatic carbocycles. The summed E-state index contributed by atoms with van der Waals surface area (Å²) >= 11 is 0. The highest BCUT2D eigenvalue weighted by molar-refractivity contribution is 6.74. The molecule has 1 saturated heterocycles. The van der Waals surface area contributed by atoms with Gasteiger partial charge in [0, 0.05) is 6.42 Å². The number of ether oxygens (including phenoxy) is 2. The zero-order valence-corrected chi connectivity index (χ0v) is 14.4. The molecule has 0 radical (unpaired) electrons. The predicted octanol–water partition coefficient (Wildman–Crippen LogP) is 3.68. The molecule has 3 nitrogen and oxygen atoms in total. The molecule has 2 heterocycles. The second kappa shape index (κ2) is 5.41. The van der Waals surface area contributed by atoms with Crippen molar-refractivity contribution in [3.05, 3.63) is 24.8 Å². The summed E-state index contributed by atoms with van der Waals surface area (Å²) in [6, 6.07) is 0. The van der Waals surface area contributed by atoms with E-state index in [1.54, 1.807) is 6.08 Å². The van der Waals surface area contributed by atoms with E-state index < -0.39 is 8.32 Å². The highest BCUT2D eigenvalue weighted by Gasteiger charge is 2.50. The molecule has 0 saturated carbocycles. The maximum Gasteiger partial charge on any atom is 0.192 e. The van der Waals surface area contributed by atoms with Crippen LogP contribution in [0.3, 0.4) is 0 Å². The molecule has 0 aromatic carbocycles. The van der Waals surface area contributed by atoms with Crippen LogP contribution in [-0.2, 0) is 13.9 Å². The third kappa shape index (κ3) is 3.08. The smallest absolute Gasteiger partial charge is 0.192 e. The van der Waals surface area contributed by atoms with E-state index in [4.69, 9.17) is 13.9 Å². The molecule has 1 fully saturated rings. The summed E-state index contributed by atoms with van der Waals surface area (Å²) in [4.78, 5) is 0. The summed E-state index contributed by atoms with van der Waals surface area (Å²) in [7, 11) is -1.74. The Morgan fingerprint density at radius 3 is 2.75 bits per heavy atom. The van der Waals surface area contributed by atoms with Gasteiger partial charge >= 0.3 is 0 Å². The Labute approximate surface area is 124 Å². The van der Waals surface area contributed by atoms with E-state index in [9.17, 15) is 0 Å². The van der Waals surface area contributed by atoms with Gasteiger partial charge in [0.15, 0.2) is 8.32 Å². The molecule has 2 bridgehead atoms. The number of rotatable bonds is 6. The van der Waals surface area contributed by atoms with Crippen molar-refractivity contribution >= 4 is 8.32 Å². The molecule has 3 unspecified atom stereocenters. The topological polar surface area (TPSA) is 27.7 Å². The van der Waals surface area contributed by atoms with Crippen molar-refractivity contribution in [3.63, 3.8) is 0 Å². The Hall–Kier alpha value is -0.423. The van der Waals surface area contributed by atoms with Crippen LogP contribution in [0.1, 0.15) is 27.2 Å². The fourth-order valence-electron chi connectivity index (χ4n) is 2.40. The van der Waals surface area contributed by atoms with Crippen LogP contribution in [-0.4, -0.2) is 39.3 Å². The molecule has 2 aliphatic rings. The van der Waals surface area contributed by atoms with Gasteiger partial charge in [-0.2, -0.15) is 0 Å². The van der Waals surface area contributed by atoms with E-state index in [1.165, 1.54) is 0 Å². The zero-order chi connectivity index (χ0) is 15.0. The van der Waals surface area contributed by atoms with Crippen LogP contribution < -0.4 is 0 Å². The Morgan fingerprint density at radius 1 is 1.45 bits per heavy atom. The van der Waals surface area contributed by atoms with Crippen molar-refractivity contribution in [2.45, 2.75) is 63.1 Å². The highest BCUT2D eigenvalue weighted by atomic mass is 28.4. The summed E-state index contributed by atoms with van der Waals surface area (Å²) in [5.74, 6) is 0. The lowest BCUT2D eigenvalue weighted by Gasteiger charge is -2.38. The molecule has 0 N–H and O–H groups in total. The Balaban J connectivity index is 1.94. The lowest BCUT2D eigenvalue weighted by atomic mass is 9.94. The van der Waals surface area contributed by atoms with Gasteiger partial charge in [-0.05, 0) is 18.1 Å². The van der Waals surface area contributed by atoms with Crippen molar-refractivity contribution in [2.75, 3.05) is 13.2 Å². The summed E-state index contributed by atoms with van der Waals surface area (Å²) in [5.41, 5.74) is -0.272. The Morgan fingerprint density at radius 2 is 2.15 bits per heavy atom. The van der Waals surface area contributed by atoms with Gasteiger partial charge in [0.25, 0.3) is 0 Å². The monoisotopic (exact) mass is 296 g/mol. The first-order chi connectivity index (χ1) is 9.19. The molecule has 114 valence electrons. The molecule has 20 heavy (non-hydrogen) atoms. The van der Waals surface area contributed by atoms with Gasteiger partial charge in [0.1, 0.15) is 11.7 Å². The predicted molar refractivity (Wildman–Crippen MR) is 84.4 cm³/mol. The van der Waals surface area contributed by atoms with Crippen LogP contribution in [0.2, 0.25) is 18.1 Å². The molecule has 4 heteroatoms. The summed E-state index contributed by atoms with van der Waals surface area (Å²) in [5, 5.41) is 0.225. The van der Waals surface area contributed by atoms with Gasteiger partial charge in [-0.15, -0.1) is 6.58 Å².